The van der Waals surface area contributed by atoms with Gasteiger partial charge in [0.1, 0.15) is 0 Å². The SMILES string of the molecule is CC1CC2CCC(C)(C)CC(C1)C2. The van der Waals surface area contributed by atoms with Crippen LogP contribution in [0.15, 0.2) is 0 Å². The fraction of sp³-hybridized carbons (Fsp3) is 1.00. The fourth-order valence-electron chi connectivity index (χ4n) is 3.78. The van der Waals surface area contributed by atoms with E-state index in [4.69, 9.17) is 0 Å². The van der Waals surface area contributed by atoms with Gasteiger partial charge >= 0.3 is 0 Å². The van der Waals surface area contributed by atoms with Crippen LogP contribution in [0, 0.1) is 23.2 Å². The second kappa shape index (κ2) is 3.29. The molecule has 0 heterocycles. The van der Waals surface area contributed by atoms with E-state index < -0.39 is 0 Å². The highest BCUT2D eigenvalue weighted by atomic mass is 14.4. The molecule has 0 saturated heterocycles. The molecule has 0 aromatic rings. The molecule has 13 heavy (non-hydrogen) atoms. The summed E-state index contributed by atoms with van der Waals surface area (Å²) in [5.41, 5.74) is 0.642. The molecular weight excluding hydrogens is 156 g/mol. The minimum atomic E-state index is 0.642. The van der Waals surface area contributed by atoms with Crippen molar-refractivity contribution in [3.63, 3.8) is 0 Å². The number of rotatable bonds is 0. The predicted octanol–water partition coefficient (Wildman–Crippen LogP) is 4.25. The summed E-state index contributed by atoms with van der Waals surface area (Å²) in [5, 5.41) is 0. The molecule has 2 saturated carbocycles. The average molecular weight is 180 g/mol. The summed E-state index contributed by atoms with van der Waals surface area (Å²) < 4.78 is 0. The third-order valence-corrected chi connectivity index (χ3v) is 4.21. The molecule has 0 heteroatoms. The molecule has 2 rings (SSSR count). The van der Waals surface area contributed by atoms with Crippen molar-refractivity contribution in [2.75, 3.05) is 0 Å². The van der Waals surface area contributed by atoms with Gasteiger partial charge in [-0.2, -0.15) is 0 Å². The first-order valence-electron chi connectivity index (χ1n) is 6.05. The standard InChI is InChI=1S/C13H24/c1-10-6-11-4-5-13(2,3)9-12(7-10)8-11/h10-12H,4-9H2,1-3H3. The van der Waals surface area contributed by atoms with Gasteiger partial charge < -0.3 is 0 Å². The monoisotopic (exact) mass is 180 g/mol. The fourth-order valence-corrected chi connectivity index (χ4v) is 3.78. The van der Waals surface area contributed by atoms with Crippen LogP contribution in [0.4, 0.5) is 0 Å². The molecule has 0 aromatic heterocycles. The van der Waals surface area contributed by atoms with Crippen LogP contribution in [-0.4, -0.2) is 0 Å². The quantitative estimate of drug-likeness (QED) is 0.523. The number of fused-ring (bicyclic) bond motifs is 2. The molecule has 2 bridgehead atoms. The van der Waals surface area contributed by atoms with Gasteiger partial charge in [-0.15, -0.1) is 0 Å². The second-order valence-corrected chi connectivity index (χ2v) is 6.45. The maximum atomic E-state index is 2.47. The lowest BCUT2D eigenvalue weighted by Crippen LogP contribution is -2.20. The summed E-state index contributed by atoms with van der Waals surface area (Å²) >= 11 is 0. The predicted molar refractivity (Wildman–Crippen MR) is 57.6 cm³/mol. The van der Waals surface area contributed by atoms with E-state index in [-0.39, 0.29) is 0 Å². The van der Waals surface area contributed by atoms with Crippen molar-refractivity contribution in [2.24, 2.45) is 23.2 Å². The van der Waals surface area contributed by atoms with Gasteiger partial charge in [0.25, 0.3) is 0 Å². The Balaban J connectivity index is 2.07. The van der Waals surface area contributed by atoms with E-state index in [2.05, 4.69) is 20.8 Å². The highest BCUT2D eigenvalue weighted by Gasteiger charge is 2.34. The summed E-state index contributed by atoms with van der Waals surface area (Å²) in [6.07, 6.45) is 9.06. The van der Waals surface area contributed by atoms with Gasteiger partial charge in [0.2, 0.25) is 0 Å². The molecule has 0 aliphatic heterocycles. The number of hydrogen-bond donors (Lipinski definition) is 0. The first kappa shape index (κ1) is 9.55. The molecule has 76 valence electrons. The second-order valence-electron chi connectivity index (χ2n) is 6.45. The van der Waals surface area contributed by atoms with Crippen LogP contribution in [-0.2, 0) is 0 Å². The van der Waals surface area contributed by atoms with Crippen molar-refractivity contribution in [1.82, 2.24) is 0 Å². The normalized spacial score (nSPS) is 44.1. The maximum Gasteiger partial charge on any atom is -0.0351 e. The van der Waals surface area contributed by atoms with Gasteiger partial charge in [-0.05, 0) is 61.7 Å². The van der Waals surface area contributed by atoms with E-state index in [0.717, 1.165) is 17.8 Å². The molecule has 0 aromatic carbocycles. The highest BCUT2D eigenvalue weighted by Crippen LogP contribution is 2.46. The molecule has 3 atom stereocenters. The minimum Gasteiger partial charge on any atom is -0.0625 e. The smallest absolute Gasteiger partial charge is 0.0351 e. The topological polar surface area (TPSA) is 0 Å². The lowest BCUT2D eigenvalue weighted by molar-refractivity contribution is 0.193. The maximum absolute atomic E-state index is 2.47. The van der Waals surface area contributed by atoms with Gasteiger partial charge in [-0.1, -0.05) is 20.8 Å². The summed E-state index contributed by atoms with van der Waals surface area (Å²) in [6, 6.07) is 0. The Bertz CT molecular complexity index is 180. The molecule has 0 N–H and O–H groups in total. The Morgan fingerprint density at radius 1 is 1.00 bits per heavy atom. The van der Waals surface area contributed by atoms with Crippen molar-refractivity contribution in [3.8, 4) is 0 Å². The average Bonchev–Trinajstić information content (AvgIpc) is 2.07. The summed E-state index contributed by atoms with van der Waals surface area (Å²) in [4.78, 5) is 0. The van der Waals surface area contributed by atoms with Gasteiger partial charge in [-0.25, -0.2) is 0 Å². The van der Waals surface area contributed by atoms with Crippen molar-refractivity contribution in [3.05, 3.63) is 0 Å². The minimum absolute atomic E-state index is 0.642. The first-order valence-corrected chi connectivity index (χ1v) is 6.05. The molecule has 2 aliphatic carbocycles. The Labute approximate surface area is 83.1 Å². The molecule has 0 amide bonds. The summed E-state index contributed by atoms with van der Waals surface area (Å²) in [5.74, 6) is 3.15. The van der Waals surface area contributed by atoms with Gasteiger partial charge in [0.05, 0.1) is 0 Å². The lowest BCUT2D eigenvalue weighted by atomic mass is 9.74. The van der Waals surface area contributed by atoms with Crippen molar-refractivity contribution in [2.45, 2.75) is 59.3 Å². The van der Waals surface area contributed by atoms with Gasteiger partial charge in [0.15, 0.2) is 0 Å². The van der Waals surface area contributed by atoms with E-state index in [1.54, 1.807) is 6.42 Å². The molecule has 2 aliphatic rings. The third kappa shape index (κ3) is 2.27. The van der Waals surface area contributed by atoms with Crippen LogP contribution >= 0.6 is 0 Å². The summed E-state index contributed by atoms with van der Waals surface area (Å²) in [7, 11) is 0. The van der Waals surface area contributed by atoms with Crippen molar-refractivity contribution >= 4 is 0 Å². The van der Waals surface area contributed by atoms with E-state index in [0.29, 0.717) is 5.41 Å². The van der Waals surface area contributed by atoms with E-state index in [1.807, 2.05) is 0 Å². The zero-order valence-corrected chi connectivity index (χ0v) is 9.47. The molecule has 2 fully saturated rings. The lowest BCUT2D eigenvalue weighted by Gasteiger charge is -2.32. The van der Waals surface area contributed by atoms with Crippen LogP contribution in [0.3, 0.4) is 0 Å². The third-order valence-electron chi connectivity index (χ3n) is 4.21. The first-order chi connectivity index (χ1) is 6.05. The largest absolute Gasteiger partial charge is 0.0625 e. The molecule has 0 spiro atoms. The van der Waals surface area contributed by atoms with Crippen LogP contribution in [0.1, 0.15) is 59.3 Å². The zero-order chi connectivity index (χ0) is 9.47. The Morgan fingerprint density at radius 2 is 1.69 bits per heavy atom. The zero-order valence-electron chi connectivity index (χ0n) is 9.47. The van der Waals surface area contributed by atoms with Crippen LogP contribution < -0.4 is 0 Å². The van der Waals surface area contributed by atoms with E-state index in [1.165, 1.54) is 32.1 Å². The molecule has 0 radical (unpaired) electrons. The molecule has 3 unspecified atom stereocenters. The number of hydrogen-bond acceptors (Lipinski definition) is 0. The van der Waals surface area contributed by atoms with Crippen LogP contribution in [0.2, 0.25) is 0 Å². The molecule has 0 nitrogen and oxygen atoms in total. The Morgan fingerprint density at radius 3 is 2.46 bits per heavy atom. The van der Waals surface area contributed by atoms with Crippen molar-refractivity contribution in [1.29, 1.82) is 0 Å². The highest BCUT2D eigenvalue weighted by molar-refractivity contribution is 4.86. The van der Waals surface area contributed by atoms with Gasteiger partial charge in [-0.3, -0.25) is 0 Å². The van der Waals surface area contributed by atoms with E-state index in [9.17, 15) is 0 Å². The van der Waals surface area contributed by atoms with Crippen LogP contribution in [0.25, 0.3) is 0 Å². The van der Waals surface area contributed by atoms with Gasteiger partial charge in [0, 0.05) is 0 Å². The summed E-state index contributed by atoms with van der Waals surface area (Å²) in [6.45, 7) is 7.40. The van der Waals surface area contributed by atoms with Crippen LogP contribution in [0.5, 0.6) is 0 Å². The van der Waals surface area contributed by atoms with Crippen molar-refractivity contribution < 1.29 is 0 Å². The van der Waals surface area contributed by atoms with E-state index >= 15 is 0 Å². The molecular formula is C13H24. The Kier molecular flexibility index (Phi) is 2.42. The Hall–Kier alpha value is 0.